The van der Waals surface area contributed by atoms with Crippen molar-refractivity contribution < 1.29 is 14.4 Å². The van der Waals surface area contributed by atoms with Crippen molar-refractivity contribution in [3.8, 4) is 0 Å². The molecule has 0 aromatic carbocycles. The number of rotatable bonds is 8. The fraction of sp³-hybridized carbons (Fsp3) is 0.870. The molecule has 3 heterocycles. The fourth-order valence-electron chi connectivity index (χ4n) is 5.61. The number of urea groups is 1. The minimum Gasteiger partial charge on any atom is -0.343 e. The molecule has 4 amide bonds. The first-order valence-corrected chi connectivity index (χ1v) is 11.9. The van der Waals surface area contributed by atoms with Gasteiger partial charge in [0.1, 0.15) is 5.54 Å². The summed E-state index contributed by atoms with van der Waals surface area (Å²) in [5.74, 6) is 0.611. The number of piperidine rings is 1. The molecule has 30 heavy (non-hydrogen) atoms. The van der Waals surface area contributed by atoms with E-state index in [2.05, 4.69) is 38.0 Å². The summed E-state index contributed by atoms with van der Waals surface area (Å²) in [6.45, 7) is 9.14. The van der Waals surface area contributed by atoms with Gasteiger partial charge >= 0.3 is 6.03 Å². The molecule has 170 valence electrons. The predicted octanol–water partition coefficient (Wildman–Crippen LogP) is 2.85. The number of amides is 4. The lowest BCUT2D eigenvalue weighted by molar-refractivity contribution is -0.136. The second-order valence-corrected chi connectivity index (χ2v) is 9.93. The summed E-state index contributed by atoms with van der Waals surface area (Å²) in [6, 6.07) is 0.231. The molecule has 7 nitrogen and oxygen atoms in total. The van der Waals surface area contributed by atoms with Gasteiger partial charge < -0.3 is 15.1 Å². The lowest BCUT2D eigenvalue weighted by Gasteiger charge is -2.41. The number of nitrogens with zero attached hydrogens (tertiary/aromatic N) is 3. The van der Waals surface area contributed by atoms with E-state index in [1.54, 1.807) is 0 Å². The summed E-state index contributed by atoms with van der Waals surface area (Å²) in [6.07, 6.45) is 6.81. The van der Waals surface area contributed by atoms with Crippen LogP contribution in [0.2, 0.25) is 0 Å². The monoisotopic (exact) mass is 420 g/mol. The zero-order valence-corrected chi connectivity index (χ0v) is 19.3. The number of likely N-dealkylation sites (tertiary alicyclic amines) is 2. The quantitative estimate of drug-likeness (QED) is 0.613. The van der Waals surface area contributed by atoms with E-state index in [-0.39, 0.29) is 23.8 Å². The van der Waals surface area contributed by atoms with E-state index in [1.807, 2.05) is 4.90 Å². The second-order valence-electron chi connectivity index (χ2n) is 9.93. The Morgan fingerprint density at radius 1 is 1.17 bits per heavy atom. The molecule has 3 rings (SSSR count). The van der Waals surface area contributed by atoms with Crippen molar-refractivity contribution in [1.29, 1.82) is 0 Å². The van der Waals surface area contributed by atoms with Crippen LogP contribution in [-0.4, -0.2) is 77.4 Å². The van der Waals surface area contributed by atoms with Crippen molar-refractivity contribution in [2.45, 2.75) is 83.7 Å². The van der Waals surface area contributed by atoms with E-state index in [1.165, 1.54) is 11.3 Å². The fourth-order valence-corrected chi connectivity index (χ4v) is 5.61. The van der Waals surface area contributed by atoms with Crippen molar-refractivity contribution >= 4 is 17.8 Å². The molecule has 2 atom stereocenters. The van der Waals surface area contributed by atoms with Gasteiger partial charge in [-0.3, -0.25) is 14.5 Å². The third kappa shape index (κ3) is 4.66. The highest BCUT2D eigenvalue weighted by atomic mass is 16.2. The van der Waals surface area contributed by atoms with E-state index < -0.39 is 5.54 Å². The standard InChI is InChI=1S/C23H40N4O3/c1-5-11-23(18-8-13-26(14-9-18)20(28)16-17(2)3)21(29)27(22(30)24-23)15-10-19-7-6-12-25(19)4/h17-19H,5-16H2,1-4H3,(H,24,30)/t19-,23+/m1/s1. The Morgan fingerprint density at radius 2 is 1.87 bits per heavy atom. The highest BCUT2D eigenvalue weighted by Gasteiger charge is 2.55. The van der Waals surface area contributed by atoms with Crippen LogP contribution in [0.3, 0.4) is 0 Å². The number of carbonyl (C=O) groups is 3. The molecular weight excluding hydrogens is 380 g/mol. The number of nitrogens with one attached hydrogen (secondary N) is 1. The van der Waals surface area contributed by atoms with Gasteiger partial charge in [0.25, 0.3) is 5.91 Å². The van der Waals surface area contributed by atoms with Crippen molar-refractivity contribution in [2.75, 3.05) is 33.2 Å². The van der Waals surface area contributed by atoms with Crippen LogP contribution in [0.1, 0.15) is 72.1 Å². The molecule has 7 heteroatoms. The van der Waals surface area contributed by atoms with E-state index in [0.29, 0.717) is 44.4 Å². The van der Waals surface area contributed by atoms with Gasteiger partial charge in [-0.1, -0.05) is 27.2 Å². The summed E-state index contributed by atoms with van der Waals surface area (Å²) in [5, 5.41) is 3.12. The third-order valence-electron chi connectivity index (χ3n) is 7.33. The highest BCUT2D eigenvalue weighted by molar-refractivity contribution is 6.07. The minimum absolute atomic E-state index is 0.0399. The Hall–Kier alpha value is -1.63. The Labute approximate surface area is 181 Å². The van der Waals surface area contributed by atoms with Crippen molar-refractivity contribution in [3.63, 3.8) is 0 Å². The van der Waals surface area contributed by atoms with Gasteiger partial charge in [0.05, 0.1) is 0 Å². The first-order valence-electron chi connectivity index (χ1n) is 11.9. The first-order chi connectivity index (χ1) is 14.3. The summed E-state index contributed by atoms with van der Waals surface area (Å²) >= 11 is 0. The zero-order valence-electron chi connectivity index (χ0n) is 19.3. The number of carbonyl (C=O) groups excluding carboxylic acids is 3. The molecular formula is C23H40N4O3. The van der Waals surface area contributed by atoms with Crippen LogP contribution in [0.5, 0.6) is 0 Å². The molecule has 3 aliphatic rings. The van der Waals surface area contributed by atoms with Gasteiger partial charge in [-0.15, -0.1) is 0 Å². The zero-order chi connectivity index (χ0) is 21.9. The molecule has 0 spiro atoms. The van der Waals surface area contributed by atoms with E-state index >= 15 is 0 Å². The molecule has 3 saturated heterocycles. The lowest BCUT2D eigenvalue weighted by Crippen LogP contribution is -2.56. The van der Waals surface area contributed by atoms with Crippen LogP contribution in [0.4, 0.5) is 4.79 Å². The van der Waals surface area contributed by atoms with Crippen molar-refractivity contribution in [2.24, 2.45) is 11.8 Å². The molecule has 0 aliphatic carbocycles. The van der Waals surface area contributed by atoms with Crippen LogP contribution >= 0.6 is 0 Å². The molecule has 0 saturated carbocycles. The SMILES string of the molecule is CCC[C@@]1(C2CCN(C(=O)CC(C)C)CC2)NC(=O)N(CC[C@H]2CCCN2C)C1=O. The first kappa shape index (κ1) is 23.0. The van der Waals surface area contributed by atoms with Gasteiger partial charge in [-0.25, -0.2) is 4.79 Å². The Morgan fingerprint density at radius 3 is 2.43 bits per heavy atom. The molecule has 0 aromatic heterocycles. The molecule has 0 aromatic rings. The number of hydrogen-bond acceptors (Lipinski definition) is 4. The minimum atomic E-state index is -0.791. The van der Waals surface area contributed by atoms with Crippen molar-refractivity contribution in [3.05, 3.63) is 0 Å². The third-order valence-corrected chi connectivity index (χ3v) is 7.33. The van der Waals surface area contributed by atoms with Crippen LogP contribution in [0, 0.1) is 11.8 Å². The van der Waals surface area contributed by atoms with Gasteiger partial charge in [-0.2, -0.15) is 0 Å². The average molecular weight is 421 g/mol. The average Bonchev–Trinajstić information content (AvgIpc) is 3.21. The van der Waals surface area contributed by atoms with E-state index in [4.69, 9.17) is 0 Å². The Bertz CT molecular complexity index is 644. The topological polar surface area (TPSA) is 73.0 Å². The highest BCUT2D eigenvalue weighted by Crippen LogP contribution is 2.37. The summed E-state index contributed by atoms with van der Waals surface area (Å²) in [4.78, 5) is 44.5. The van der Waals surface area contributed by atoms with Crippen molar-refractivity contribution in [1.82, 2.24) is 20.0 Å². The number of hydrogen-bond donors (Lipinski definition) is 1. The summed E-state index contributed by atoms with van der Waals surface area (Å²) in [5.41, 5.74) is -0.791. The predicted molar refractivity (Wildman–Crippen MR) is 117 cm³/mol. The molecule has 0 bridgehead atoms. The van der Waals surface area contributed by atoms with Crippen LogP contribution in [0.25, 0.3) is 0 Å². The maximum atomic E-state index is 13.5. The van der Waals surface area contributed by atoms with Crippen LogP contribution < -0.4 is 5.32 Å². The maximum absolute atomic E-state index is 13.5. The van der Waals surface area contributed by atoms with Gasteiger partial charge in [0.15, 0.2) is 0 Å². The smallest absolute Gasteiger partial charge is 0.325 e. The molecule has 0 radical (unpaired) electrons. The largest absolute Gasteiger partial charge is 0.343 e. The maximum Gasteiger partial charge on any atom is 0.325 e. The Kier molecular flexibility index (Phi) is 7.43. The van der Waals surface area contributed by atoms with E-state index in [9.17, 15) is 14.4 Å². The molecule has 0 unspecified atom stereocenters. The molecule has 1 N–H and O–H groups in total. The van der Waals surface area contributed by atoms with Crippen LogP contribution in [0.15, 0.2) is 0 Å². The lowest BCUT2D eigenvalue weighted by atomic mass is 9.74. The van der Waals surface area contributed by atoms with Gasteiger partial charge in [0.2, 0.25) is 5.91 Å². The molecule has 3 fully saturated rings. The van der Waals surface area contributed by atoms with Gasteiger partial charge in [-0.05, 0) is 64.0 Å². The van der Waals surface area contributed by atoms with E-state index in [0.717, 1.165) is 38.6 Å². The molecule has 3 aliphatic heterocycles. The van der Waals surface area contributed by atoms with Crippen LogP contribution in [-0.2, 0) is 9.59 Å². The Balaban J connectivity index is 1.64. The summed E-state index contributed by atoms with van der Waals surface area (Å²) in [7, 11) is 2.12. The van der Waals surface area contributed by atoms with Gasteiger partial charge in [0, 0.05) is 32.1 Å². The number of imide groups is 1. The summed E-state index contributed by atoms with van der Waals surface area (Å²) < 4.78 is 0. The normalized spacial score (nSPS) is 28.6. The second kappa shape index (κ2) is 9.67.